The van der Waals surface area contributed by atoms with Crippen molar-refractivity contribution in [2.75, 3.05) is 13.2 Å². The van der Waals surface area contributed by atoms with Gasteiger partial charge in [0.25, 0.3) is 0 Å². The Balaban J connectivity index is 4.33. The van der Waals surface area contributed by atoms with Crippen LogP contribution in [0.3, 0.4) is 0 Å². The summed E-state index contributed by atoms with van der Waals surface area (Å²) in [5, 5.41) is 0. The lowest BCUT2D eigenvalue weighted by Crippen LogP contribution is -2.30. The van der Waals surface area contributed by atoms with Gasteiger partial charge in [0.15, 0.2) is 6.10 Å². The first-order chi connectivity index (χ1) is 37.5. The summed E-state index contributed by atoms with van der Waals surface area (Å²) in [5.41, 5.74) is 0. The van der Waals surface area contributed by atoms with E-state index in [1.165, 1.54) is 205 Å². The molecule has 0 radical (unpaired) electrons. The second-order valence-electron chi connectivity index (χ2n) is 22.4. The Hall–Kier alpha value is -2.89. The SMILES string of the molecule is CCCC/C=C\C/C=C\CCCCCCCC(=O)OCC(COC(=O)CCCCCCCCCCCCCCCCCCCCCCCCC)OC(=O)CCCCCCCC/C=C\C/C=C\C/C=C\CCCCCCC. The summed E-state index contributed by atoms with van der Waals surface area (Å²) in [5.74, 6) is -0.889. The zero-order valence-electron chi connectivity index (χ0n) is 50.8. The van der Waals surface area contributed by atoms with Gasteiger partial charge in [-0.05, 0) is 83.5 Å². The van der Waals surface area contributed by atoms with Crippen LogP contribution in [0.5, 0.6) is 0 Å². The fourth-order valence-electron chi connectivity index (χ4n) is 9.70. The fourth-order valence-corrected chi connectivity index (χ4v) is 9.70. The second-order valence-corrected chi connectivity index (χ2v) is 22.4. The van der Waals surface area contributed by atoms with Gasteiger partial charge in [0.1, 0.15) is 13.2 Å². The Kier molecular flexibility index (Phi) is 62.2. The van der Waals surface area contributed by atoms with Crippen LogP contribution in [-0.2, 0) is 28.6 Å². The highest BCUT2D eigenvalue weighted by molar-refractivity contribution is 5.71. The highest BCUT2D eigenvalue weighted by Crippen LogP contribution is 2.17. The van der Waals surface area contributed by atoms with Crippen molar-refractivity contribution in [1.82, 2.24) is 0 Å². The maximum atomic E-state index is 12.9. The van der Waals surface area contributed by atoms with Crippen LogP contribution in [0.4, 0.5) is 0 Å². The summed E-state index contributed by atoms with van der Waals surface area (Å²) >= 11 is 0. The van der Waals surface area contributed by atoms with Crippen LogP contribution in [0.15, 0.2) is 60.8 Å². The molecule has 0 aliphatic heterocycles. The number of esters is 3. The highest BCUT2D eigenvalue weighted by Gasteiger charge is 2.19. The van der Waals surface area contributed by atoms with Gasteiger partial charge in [-0.25, -0.2) is 0 Å². The van der Waals surface area contributed by atoms with Gasteiger partial charge in [-0.3, -0.25) is 14.4 Å². The van der Waals surface area contributed by atoms with Gasteiger partial charge >= 0.3 is 17.9 Å². The minimum absolute atomic E-state index is 0.0812. The van der Waals surface area contributed by atoms with Crippen LogP contribution in [0.1, 0.15) is 348 Å². The van der Waals surface area contributed by atoms with Gasteiger partial charge in [0.2, 0.25) is 0 Å². The van der Waals surface area contributed by atoms with Crippen molar-refractivity contribution in [3.05, 3.63) is 60.8 Å². The molecule has 0 rings (SSSR count). The lowest BCUT2D eigenvalue weighted by atomic mass is 10.0. The molecule has 0 saturated heterocycles. The maximum Gasteiger partial charge on any atom is 0.306 e. The number of carbonyl (C=O) groups is 3. The molecule has 0 aromatic carbocycles. The molecule has 0 spiro atoms. The third kappa shape index (κ3) is 62.0. The summed E-state index contributed by atoms with van der Waals surface area (Å²) in [7, 11) is 0. The van der Waals surface area contributed by atoms with Crippen molar-refractivity contribution in [2.45, 2.75) is 354 Å². The summed E-state index contributed by atoms with van der Waals surface area (Å²) in [4.78, 5) is 38.3. The van der Waals surface area contributed by atoms with E-state index in [1.54, 1.807) is 0 Å². The average Bonchev–Trinajstić information content (AvgIpc) is 3.42. The Morgan fingerprint density at radius 1 is 0.263 bits per heavy atom. The molecule has 1 unspecified atom stereocenters. The molecule has 0 bridgehead atoms. The van der Waals surface area contributed by atoms with Crippen molar-refractivity contribution in [2.24, 2.45) is 0 Å². The lowest BCUT2D eigenvalue weighted by molar-refractivity contribution is -0.167. The number of allylic oxidation sites excluding steroid dienone is 10. The van der Waals surface area contributed by atoms with Crippen LogP contribution >= 0.6 is 0 Å². The monoisotopic (exact) mass is 1060 g/mol. The molecule has 0 N–H and O–H groups in total. The summed E-state index contributed by atoms with van der Waals surface area (Å²) in [6.07, 6.45) is 82.3. The van der Waals surface area contributed by atoms with Crippen molar-refractivity contribution in [3.8, 4) is 0 Å². The minimum atomic E-state index is -0.787. The number of unbranched alkanes of at least 4 members (excludes halogenated alkanes) is 40. The molecule has 6 nitrogen and oxygen atoms in total. The van der Waals surface area contributed by atoms with Crippen molar-refractivity contribution in [1.29, 1.82) is 0 Å². The molecule has 0 aromatic rings. The van der Waals surface area contributed by atoms with E-state index < -0.39 is 6.10 Å². The first kappa shape index (κ1) is 73.1. The van der Waals surface area contributed by atoms with Crippen molar-refractivity contribution < 1.29 is 28.6 Å². The van der Waals surface area contributed by atoms with Crippen molar-refractivity contribution in [3.63, 3.8) is 0 Å². The molecular weight excluding hydrogens is 937 g/mol. The molecule has 0 aliphatic carbocycles. The smallest absolute Gasteiger partial charge is 0.306 e. The Morgan fingerprint density at radius 2 is 0.487 bits per heavy atom. The Morgan fingerprint density at radius 3 is 0.776 bits per heavy atom. The van der Waals surface area contributed by atoms with Gasteiger partial charge in [0.05, 0.1) is 0 Å². The predicted molar refractivity (Wildman–Crippen MR) is 330 cm³/mol. The van der Waals surface area contributed by atoms with E-state index in [-0.39, 0.29) is 31.1 Å². The molecule has 442 valence electrons. The maximum absolute atomic E-state index is 12.9. The van der Waals surface area contributed by atoms with E-state index in [0.717, 1.165) is 103 Å². The van der Waals surface area contributed by atoms with Gasteiger partial charge in [0, 0.05) is 19.3 Å². The molecule has 76 heavy (non-hydrogen) atoms. The molecule has 6 heteroatoms. The third-order valence-electron chi connectivity index (χ3n) is 14.7. The van der Waals surface area contributed by atoms with E-state index in [2.05, 4.69) is 81.5 Å². The van der Waals surface area contributed by atoms with Gasteiger partial charge in [-0.1, -0.05) is 306 Å². The first-order valence-corrected chi connectivity index (χ1v) is 33.3. The quantitative estimate of drug-likeness (QED) is 0.0261. The van der Waals surface area contributed by atoms with Crippen LogP contribution in [0.2, 0.25) is 0 Å². The number of hydrogen-bond acceptors (Lipinski definition) is 6. The summed E-state index contributed by atoms with van der Waals surface area (Å²) in [6, 6.07) is 0. The first-order valence-electron chi connectivity index (χ1n) is 33.3. The second kappa shape index (κ2) is 64.6. The van der Waals surface area contributed by atoms with Crippen LogP contribution in [-0.4, -0.2) is 37.2 Å². The summed E-state index contributed by atoms with van der Waals surface area (Å²) < 4.78 is 16.9. The standard InChI is InChI=1S/C70H126O6/c1-4-7-10-13-16-19-22-25-28-30-32-34-35-37-38-40-42-45-48-51-54-57-60-63-69(72)75-66-67(65-74-68(71)62-59-56-53-50-47-44-27-24-21-18-15-12-9-6-3)76-70(73)64-61-58-55-52-49-46-43-41-39-36-33-31-29-26-23-20-17-14-11-8-5-2/h15,18,23-24,26-27,31,33,39,41,67H,4-14,16-17,19-22,25,28-30,32,34-38,40,42-66H2,1-3H3/b18-15-,26-23-,27-24-,33-31-,41-39-. The van der Waals surface area contributed by atoms with E-state index in [0.29, 0.717) is 19.3 Å². The molecule has 0 saturated carbocycles. The third-order valence-corrected chi connectivity index (χ3v) is 14.7. The Labute approximate surface area is 472 Å². The zero-order chi connectivity index (χ0) is 55.0. The number of rotatable bonds is 61. The molecule has 0 fully saturated rings. The normalized spacial score (nSPS) is 12.4. The van der Waals surface area contributed by atoms with E-state index in [1.807, 2.05) is 0 Å². The van der Waals surface area contributed by atoms with Crippen LogP contribution < -0.4 is 0 Å². The molecule has 0 amide bonds. The fraction of sp³-hybridized carbons (Fsp3) is 0.814. The van der Waals surface area contributed by atoms with Crippen molar-refractivity contribution >= 4 is 17.9 Å². The largest absolute Gasteiger partial charge is 0.462 e. The molecule has 0 aliphatic rings. The molecular formula is C70H126O6. The molecule has 0 aromatic heterocycles. The predicted octanol–water partition coefficient (Wildman–Crippen LogP) is 22.7. The van der Waals surface area contributed by atoms with Gasteiger partial charge in [-0.15, -0.1) is 0 Å². The molecule has 1 atom stereocenters. The highest BCUT2D eigenvalue weighted by atomic mass is 16.6. The van der Waals surface area contributed by atoms with Gasteiger partial charge in [-0.2, -0.15) is 0 Å². The van der Waals surface area contributed by atoms with Crippen LogP contribution in [0.25, 0.3) is 0 Å². The number of hydrogen-bond donors (Lipinski definition) is 0. The number of ether oxygens (including phenoxy) is 3. The lowest BCUT2D eigenvalue weighted by Gasteiger charge is -2.18. The van der Waals surface area contributed by atoms with E-state index in [9.17, 15) is 14.4 Å². The van der Waals surface area contributed by atoms with Gasteiger partial charge < -0.3 is 14.2 Å². The molecule has 0 heterocycles. The summed E-state index contributed by atoms with van der Waals surface area (Å²) in [6.45, 7) is 6.62. The van der Waals surface area contributed by atoms with E-state index in [4.69, 9.17) is 14.2 Å². The Bertz CT molecular complexity index is 1360. The van der Waals surface area contributed by atoms with Crippen LogP contribution in [0, 0.1) is 0 Å². The number of carbonyl (C=O) groups excluding carboxylic acids is 3. The average molecular weight is 1060 g/mol. The topological polar surface area (TPSA) is 78.9 Å². The minimum Gasteiger partial charge on any atom is -0.462 e. The zero-order valence-corrected chi connectivity index (χ0v) is 50.8. The van der Waals surface area contributed by atoms with E-state index >= 15 is 0 Å².